The van der Waals surface area contributed by atoms with Crippen LogP contribution in [0.5, 0.6) is 5.88 Å². The third kappa shape index (κ3) is 7.12. The second kappa shape index (κ2) is 14.1. The van der Waals surface area contributed by atoms with Gasteiger partial charge in [-0.1, -0.05) is 43.2 Å². The van der Waals surface area contributed by atoms with Gasteiger partial charge in [0.15, 0.2) is 0 Å². The lowest BCUT2D eigenvalue weighted by Crippen LogP contribution is -2.56. The number of amides is 3. The highest BCUT2D eigenvalue weighted by Crippen LogP contribution is 2.45. The lowest BCUT2D eigenvalue weighted by molar-refractivity contribution is -0.145. The highest BCUT2D eigenvalue weighted by Gasteiger charge is 2.61. The van der Waals surface area contributed by atoms with Crippen LogP contribution >= 0.6 is 11.3 Å². The summed E-state index contributed by atoms with van der Waals surface area (Å²) in [6.07, 6.45) is 9.83. The van der Waals surface area contributed by atoms with E-state index in [9.17, 15) is 24.3 Å². The first-order valence-electron chi connectivity index (χ1n) is 17.3. The van der Waals surface area contributed by atoms with E-state index in [1.165, 1.54) is 16.2 Å². The molecule has 2 aliphatic carbocycles. The molecule has 3 N–H and O–H groups in total. The zero-order valence-corrected chi connectivity index (χ0v) is 28.0. The number of carbonyl (C=O) groups excluding carboxylic acids is 3. The summed E-state index contributed by atoms with van der Waals surface area (Å²) in [5, 5.41) is 17.7. The van der Waals surface area contributed by atoms with E-state index in [1.54, 1.807) is 0 Å². The van der Waals surface area contributed by atoms with Gasteiger partial charge in [-0.05, 0) is 74.9 Å². The Bertz CT molecular complexity index is 1740. The topological polar surface area (TPSA) is 160 Å². The van der Waals surface area contributed by atoms with Gasteiger partial charge in [-0.25, -0.2) is 19.6 Å². The number of carboxylic acids is 1. The molecule has 13 heteroatoms. The Kier molecular flexibility index (Phi) is 9.53. The van der Waals surface area contributed by atoms with E-state index in [-0.39, 0.29) is 37.3 Å². The van der Waals surface area contributed by atoms with Crippen LogP contribution < -0.4 is 15.4 Å². The Hall–Kier alpha value is -4.52. The summed E-state index contributed by atoms with van der Waals surface area (Å²) in [5.41, 5.74) is 0.471. The number of rotatable bonds is 6. The van der Waals surface area contributed by atoms with Gasteiger partial charge in [0, 0.05) is 12.3 Å². The van der Waals surface area contributed by atoms with E-state index in [1.807, 2.05) is 53.9 Å². The zero-order valence-electron chi connectivity index (χ0n) is 27.2. The number of fused-ring (bicyclic) bond motifs is 3. The molecule has 1 saturated heterocycles. The Balaban J connectivity index is 1.19. The minimum Gasteiger partial charge on any atom is -0.479 e. The summed E-state index contributed by atoms with van der Waals surface area (Å²) in [4.78, 5) is 65.8. The fourth-order valence-electron chi connectivity index (χ4n) is 7.28. The maximum Gasteiger partial charge on any atom is 0.408 e. The van der Waals surface area contributed by atoms with Crippen LogP contribution in [0.15, 0.2) is 53.9 Å². The number of para-hydroxylation sites is 2. The molecule has 49 heavy (non-hydrogen) atoms. The molecule has 3 amide bonds. The molecule has 1 aromatic carbocycles. The quantitative estimate of drug-likeness (QED) is 0.295. The zero-order chi connectivity index (χ0) is 34.0. The molecule has 12 nitrogen and oxygen atoms in total. The molecule has 2 aromatic heterocycles. The van der Waals surface area contributed by atoms with Gasteiger partial charge in [0.2, 0.25) is 17.7 Å². The summed E-state index contributed by atoms with van der Waals surface area (Å²) >= 11 is 1.50. The maximum absolute atomic E-state index is 14.4. The van der Waals surface area contributed by atoms with Gasteiger partial charge in [0.25, 0.3) is 0 Å². The number of hydrogen-bond donors (Lipinski definition) is 3. The molecular weight excluding hydrogens is 646 g/mol. The van der Waals surface area contributed by atoms with Crippen LogP contribution in [0, 0.1) is 5.92 Å². The second-order valence-corrected chi connectivity index (χ2v) is 14.4. The number of benzene rings is 1. The third-order valence-electron chi connectivity index (χ3n) is 10.1. The van der Waals surface area contributed by atoms with E-state index >= 15 is 0 Å². The number of carbonyl (C=O) groups is 4. The Morgan fingerprint density at radius 1 is 0.980 bits per heavy atom. The van der Waals surface area contributed by atoms with Crippen molar-refractivity contribution in [2.75, 3.05) is 6.54 Å². The molecule has 3 fully saturated rings. The van der Waals surface area contributed by atoms with Crippen molar-refractivity contribution >= 4 is 46.2 Å². The summed E-state index contributed by atoms with van der Waals surface area (Å²) < 4.78 is 12.2. The van der Waals surface area contributed by atoms with Crippen LogP contribution in [-0.4, -0.2) is 80.2 Å². The van der Waals surface area contributed by atoms with Gasteiger partial charge in [-0.2, -0.15) is 0 Å². The smallest absolute Gasteiger partial charge is 0.408 e. The minimum atomic E-state index is -1.43. The molecule has 4 heterocycles. The van der Waals surface area contributed by atoms with Crippen LogP contribution in [-0.2, 0) is 19.1 Å². The molecule has 3 unspecified atom stereocenters. The number of aromatic nitrogens is 2. The first-order valence-corrected chi connectivity index (χ1v) is 18.2. The number of aliphatic carboxylic acids is 1. The number of alkyl carbamates (subject to hydrolysis) is 1. The number of ether oxygens (including phenoxy) is 2. The van der Waals surface area contributed by atoms with Crippen LogP contribution in [0.4, 0.5) is 4.79 Å². The van der Waals surface area contributed by atoms with Crippen molar-refractivity contribution in [3.8, 4) is 16.5 Å². The number of carboxylic acid groups (broad SMARTS) is 1. The predicted molar refractivity (Wildman–Crippen MR) is 182 cm³/mol. The SMILES string of the molecule is O=C(N[C@H]1CCCCC/C=C\C2CC2(C(=O)O)NC(=O)C2C[C@@H](Oc3nc4ccccc4nc3-c3cccs3)CN2C1=O)OC1CCCC1. The maximum atomic E-state index is 14.4. The largest absolute Gasteiger partial charge is 0.479 e. The molecule has 0 spiro atoms. The highest BCUT2D eigenvalue weighted by atomic mass is 32.1. The molecule has 5 atom stereocenters. The van der Waals surface area contributed by atoms with Gasteiger partial charge in [-0.15, -0.1) is 11.3 Å². The van der Waals surface area contributed by atoms with Gasteiger partial charge in [0.05, 0.1) is 22.5 Å². The molecule has 2 saturated carbocycles. The molecule has 0 radical (unpaired) electrons. The highest BCUT2D eigenvalue weighted by molar-refractivity contribution is 7.13. The van der Waals surface area contributed by atoms with Gasteiger partial charge < -0.3 is 30.1 Å². The van der Waals surface area contributed by atoms with E-state index in [0.717, 1.165) is 49.8 Å². The second-order valence-electron chi connectivity index (χ2n) is 13.5. The lowest BCUT2D eigenvalue weighted by atomic mass is 10.0. The lowest BCUT2D eigenvalue weighted by Gasteiger charge is -2.29. The van der Waals surface area contributed by atoms with Crippen LogP contribution in [0.3, 0.4) is 0 Å². The Morgan fingerprint density at radius 2 is 1.76 bits per heavy atom. The fraction of sp³-hybridized carbons (Fsp3) is 0.500. The van der Waals surface area contributed by atoms with Crippen LogP contribution in [0.1, 0.15) is 70.6 Å². The third-order valence-corrected chi connectivity index (χ3v) is 10.9. The average molecular weight is 688 g/mol. The fourth-order valence-corrected chi connectivity index (χ4v) is 7.98. The van der Waals surface area contributed by atoms with E-state index in [2.05, 4.69) is 10.6 Å². The van der Waals surface area contributed by atoms with Crippen molar-refractivity contribution in [2.45, 2.75) is 100 Å². The predicted octanol–water partition coefficient (Wildman–Crippen LogP) is 5.22. The van der Waals surface area contributed by atoms with E-state index < -0.39 is 47.6 Å². The number of thiophene rings is 1. The summed E-state index contributed by atoms with van der Waals surface area (Å²) in [6.45, 7) is 0.0363. The molecule has 0 bridgehead atoms. The van der Waals surface area contributed by atoms with Crippen molar-refractivity contribution in [2.24, 2.45) is 5.92 Å². The van der Waals surface area contributed by atoms with Crippen molar-refractivity contribution in [3.05, 3.63) is 53.9 Å². The first kappa shape index (κ1) is 33.0. The molecule has 258 valence electrons. The Labute approximate surface area is 288 Å². The Morgan fingerprint density at radius 3 is 2.51 bits per heavy atom. The van der Waals surface area contributed by atoms with Gasteiger partial charge >= 0.3 is 12.1 Å². The van der Waals surface area contributed by atoms with E-state index in [0.29, 0.717) is 29.6 Å². The van der Waals surface area contributed by atoms with Crippen LogP contribution in [0.2, 0.25) is 0 Å². The van der Waals surface area contributed by atoms with Crippen LogP contribution in [0.25, 0.3) is 21.6 Å². The number of hydrogen-bond acceptors (Lipinski definition) is 9. The molecule has 2 aliphatic heterocycles. The normalized spacial score (nSPS) is 28.4. The summed E-state index contributed by atoms with van der Waals surface area (Å²) in [7, 11) is 0. The number of allylic oxidation sites excluding steroid dienone is 1. The first-order chi connectivity index (χ1) is 23.8. The van der Waals surface area contributed by atoms with Gasteiger partial charge in [0.1, 0.15) is 35.5 Å². The van der Waals surface area contributed by atoms with Crippen molar-refractivity contribution in [1.82, 2.24) is 25.5 Å². The summed E-state index contributed by atoms with van der Waals surface area (Å²) in [6, 6.07) is 9.37. The molecular formula is C36H41N5O7S. The van der Waals surface area contributed by atoms with Crippen molar-refractivity contribution < 1.29 is 33.8 Å². The van der Waals surface area contributed by atoms with Crippen molar-refractivity contribution in [3.63, 3.8) is 0 Å². The standard InChI is InChI=1S/C36H41N5O7S/c42-31-28-19-24(47-32-30(29-17-10-18-49-29)37-25-14-8-9-15-26(25)38-32)21-41(28)33(43)27(39-35(46)48-23-12-6-7-13-23)16-5-3-1-2-4-11-22-20-36(22,40-31)34(44)45/h4,8-11,14-15,17-18,22-24,27-28H,1-3,5-7,12-13,16,19-21H2,(H,39,46)(H,40,42)(H,44,45)/b11-4-/t22?,24-,27+,28?,36?/m1/s1. The minimum absolute atomic E-state index is 0.0363. The van der Waals surface area contributed by atoms with Crippen molar-refractivity contribution in [1.29, 1.82) is 0 Å². The van der Waals surface area contributed by atoms with E-state index in [4.69, 9.17) is 19.4 Å². The molecule has 7 rings (SSSR count). The monoisotopic (exact) mass is 687 g/mol. The average Bonchev–Trinajstić information content (AvgIpc) is 3.58. The molecule has 3 aromatic rings. The summed E-state index contributed by atoms with van der Waals surface area (Å²) in [5.74, 6) is -2.15. The number of nitrogens with zero attached hydrogens (tertiary/aromatic N) is 3. The molecule has 4 aliphatic rings. The van der Waals surface area contributed by atoms with Gasteiger partial charge in [-0.3, -0.25) is 9.59 Å². The number of nitrogens with one attached hydrogen (secondary N) is 2.